The van der Waals surface area contributed by atoms with Gasteiger partial charge in [0.2, 0.25) is 0 Å². The minimum Gasteiger partial charge on any atom is -0.349 e. The predicted molar refractivity (Wildman–Crippen MR) is 128 cm³/mol. The van der Waals surface area contributed by atoms with Gasteiger partial charge in [-0.2, -0.15) is 0 Å². The zero-order valence-corrected chi connectivity index (χ0v) is 19.1. The molecule has 1 N–H and O–H groups in total. The Morgan fingerprint density at radius 3 is 2.55 bits per heavy atom. The predicted octanol–water partition coefficient (Wildman–Crippen LogP) is 5.95. The summed E-state index contributed by atoms with van der Waals surface area (Å²) in [6, 6.07) is 14.0. The number of carbonyl (C=O) groups excluding carboxylic acids is 2. The van der Waals surface area contributed by atoms with E-state index in [-0.39, 0.29) is 17.9 Å². The van der Waals surface area contributed by atoms with Gasteiger partial charge in [-0.3, -0.25) is 9.59 Å². The molecule has 2 amide bonds. The van der Waals surface area contributed by atoms with E-state index < -0.39 is 0 Å². The Labute approximate surface area is 189 Å². The molecule has 2 aliphatic rings. The van der Waals surface area contributed by atoms with E-state index in [0.717, 1.165) is 34.6 Å². The zero-order valence-electron chi connectivity index (χ0n) is 18.3. The molecule has 1 aliphatic heterocycles. The number of nitrogens with zero attached hydrogens (tertiary/aromatic N) is 1. The molecule has 2 aromatic rings. The van der Waals surface area contributed by atoms with Crippen molar-refractivity contribution < 1.29 is 9.59 Å². The van der Waals surface area contributed by atoms with E-state index in [2.05, 4.69) is 11.4 Å². The largest absolute Gasteiger partial charge is 0.349 e. The number of thioether (sulfide) groups is 1. The third kappa shape index (κ3) is 5.21. The number of hydrogen-bond donors (Lipinski definition) is 1. The number of nitrogens with one attached hydrogen (secondary N) is 1. The minimum absolute atomic E-state index is 0.0414. The number of anilines is 1. The Bertz CT molecular complexity index is 1010. The molecule has 0 unspecified atom stereocenters. The average molecular weight is 435 g/mol. The lowest BCUT2D eigenvalue weighted by Gasteiger charge is -2.27. The first-order chi connectivity index (χ1) is 15.0. The highest BCUT2D eigenvalue weighted by molar-refractivity contribution is 8.04. The number of carbonyl (C=O) groups is 2. The number of fused-ring (bicyclic) bond motifs is 1. The van der Waals surface area contributed by atoms with Gasteiger partial charge in [0.15, 0.2) is 0 Å². The molecule has 0 radical (unpaired) electrons. The maximum absolute atomic E-state index is 13.0. The van der Waals surface area contributed by atoms with Crippen molar-refractivity contribution in [1.82, 2.24) is 5.32 Å². The normalized spacial score (nSPS) is 19.0. The Morgan fingerprint density at radius 2 is 1.81 bits per heavy atom. The Kier molecular flexibility index (Phi) is 6.81. The summed E-state index contributed by atoms with van der Waals surface area (Å²) in [6.45, 7) is 2.04. The van der Waals surface area contributed by atoms with Crippen molar-refractivity contribution >= 4 is 35.3 Å². The van der Waals surface area contributed by atoms with Gasteiger partial charge >= 0.3 is 0 Å². The first-order valence-corrected chi connectivity index (χ1v) is 12.0. The van der Waals surface area contributed by atoms with Gasteiger partial charge in [-0.05, 0) is 49.6 Å². The zero-order chi connectivity index (χ0) is 21.8. The molecule has 1 fully saturated rings. The van der Waals surface area contributed by atoms with Gasteiger partial charge in [0.05, 0.1) is 10.6 Å². The standard InChI is InChI=1S/C26H30N2O2S/c1-18-9-8-10-19(15-18)16-24-26(30)28(2)22-17-20(13-14-23(22)31-24)25(29)27-21-11-6-4-3-5-7-12-21/h8-10,13-17,21H,3-7,11-12H2,1-2H3,(H,27,29). The summed E-state index contributed by atoms with van der Waals surface area (Å²) < 4.78 is 0. The topological polar surface area (TPSA) is 49.4 Å². The SMILES string of the molecule is Cc1cccc(C=C2Sc3ccc(C(=O)NC4CCCCCCC4)cc3N(C)C2=O)c1. The third-order valence-corrected chi connectivity index (χ3v) is 7.18. The number of hydrogen-bond acceptors (Lipinski definition) is 3. The lowest BCUT2D eigenvalue weighted by Crippen LogP contribution is -2.35. The Morgan fingerprint density at radius 1 is 1.06 bits per heavy atom. The van der Waals surface area contributed by atoms with Crippen molar-refractivity contribution in [3.8, 4) is 0 Å². The molecule has 0 saturated heterocycles. The second-order valence-corrected chi connectivity index (χ2v) is 9.67. The molecule has 5 heteroatoms. The van der Waals surface area contributed by atoms with E-state index in [0.29, 0.717) is 10.5 Å². The van der Waals surface area contributed by atoms with Crippen LogP contribution in [0.3, 0.4) is 0 Å². The highest BCUT2D eigenvalue weighted by Crippen LogP contribution is 2.42. The third-order valence-electron chi connectivity index (χ3n) is 6.10. The molecule has 0 aromatic heterocycles. The van der Waals surface area contributed by atoms with Gasteiger partial charge in [0.25, 0.3) is 11.8 Å². The fraction of sp³-hybridized carbons (Fsp3) is 0.385. The molecule has 0 spiro atoms. The number of likely N-dealkylation sites (N-methyl/N-ethyl adjacent to an activating group) is 1. The lowest BCUT2D eigenvalue weighted by molar-refractivity contribution is -0.114. The van der Waals surface area contributed by atoms with Gasteiger partial charge in [-0.15, -0.1) is 0 Å². The van der Waals surface area contributed by atoms with Crippen LogP contribution in [0.15, 0.2) is 52.3 Å². The van der Waals surface area contributed by atoms with Gasteiger partial charge < -0.3 is 10.2 Å². The van der Waals surface area contributed by atoms with E-state index in [1.165, 1.54) is 43.9 Å². The summed E-state index contributed by atoms with van der Waals surface area (Å²) in [4.78, 5) is 29.2. The summed E-state index contributed by atoms with van der Waals surface area (Å²) in [5.41, 5.74) is 3.59. The van der Waals surface area contributed by atoms with Gasteiger partial charge in [-0.1, -0.05) is 73.7 Å². The van der Waals surface area contributed by atoms with E-state index in [1.807, 2.05) is 49.4 Å². The summed E-state index contributed by atoms with van der Waals surface area (Å²) in [5.74, 6) is -0.0862. The number of benzene rings is 2. The quantitative estimate of drug-likeness (QED) is 0.608. The smallest absolute Gasteiger partial charge is 0.264 e. The van der Waals surface area contributed by atoms with Gasteiger partial charge in [0, 0.05) is 23.5 Å². The van der Waals surface area contributed by atoms with Crippen LogP contribution < -0.4 is 10.2 Å². The molecule has 0 bridgehead atoms. The van der Waals surface area contributed by atoms with Crippen molar-refractivity contribution in [3.05, 3.63) is 64.1 Å². The van der Waals surface area contributed by atoms with Crippen molar-refractivity contribution in [2.45, 2.75) is 62.8 Å². The molecule has 31 heavy (non-hydrogen) atoms. The monoisotopic (exact) mass is 434 g/mol. The molecule has 2 aromatic carbocycles. The van der Waals surface area contributed by atoms with Crippen LogP contribution in [-0.2, 0) is 4.79 Å². The van der Waals surface area contributed by atoms with Crippen LogP contribution in [-0.4, -0.2) is 24.9 Å². The van der Waals surface area contributed by atoms with Crippen LogP contribution in [0.4, 0.5) is 5.69 Å². The Hall–Kier alpha value is -2.53. The molecule has 1 heterocycles. The minimum atomic E-state index is -0.0448. The van der Waals surface area contributed by atoms with Crippen LogP contribution in [0.5, 0.6) is 0 Å². The maximum Gasteiger partial charge on any atom is 0.264 e. The highest BCUT2D eigenvalue weighted by Gasteiger charge is 2.27. The molecular formula is C26H30N2O2S. The van der Waals surface area contributed by atoms with Crippen LogP contribution in [0, 0.1) is 6.92 Å². The second-order valence-electron chi connectivity index (χ2n) is 8.59. The number of aryl methyl sites for hydroxylation is 1. The van der Waals surface area contributed by atoms with E-state index in [9.17, 15) is 9.59 Å². The number of rotatable bonds is 3. The summed E-state index contributed by atoms with van der Waals surface area (Å²) >= 11 is 1.47. The molecule has 4 rings (SSSR count). The first-order valence-electron chi connectivity index (χ1n) is 11.2. The average Bonchev–Trinajstić information content (AvgIpc) is 2.73. The lowest BCUT2D eigenvalue weighted by atomic mass is 9.96. The molecule has 4 nitrogen and oxygen atoms in total. The van der Waals surface area contributed by atoms with Crippen LogP contribution in [0.25, 0.3) is 6.08 Å². The van der Waals surface area contributed by atoms with Crippen molar-refractivity contribution in [1.29, 1.82) is 0 Å². The van der Waals surface area contributed by atoms with E-state index >= 15 is 0 Å². The van der Waals surface area contributed by atoms with E-state index in [1.54, 1.807) is 11.9 Å². The van der Waals surface area contributed by atoms with E-state index in [4.69, 9.17) is 0 Å². The summed E-state index contributed by atoms with van der Waals surface area (Å²) in [7, 11) is 1.78. The fourth-order valence-electron chi connectivity index (χ4n) is 4.32. The molecule has 162 valence electrons. The highest BCUT2D eigenvalue weighted by atomic mass is 32.2. The second kappa shape index (κ2) is 9.73. The summed E-state index contributed by atoms with van der Waals surface area (Å²) in [6.07, 6.45) is 10.2. The van der Waals surface area contributed by atoms with Crippen molar-refractivity contribution in [2.24, 2.45) is 0 Å². The van der Waals surface area contributed by atoms with Crippen LogP contribution >= 0.6 is 11.8 Å². The number of amides is 2. The fourth-order valence-corrected chi connectivity index (χ4v) is 5.41. The molecule has 1 saturated carbocycles. The molecular weight excluding hydrogens is 404 g/mol. The van der Waals surface area contributed by atoms with Crippen molar-refractivity contribution in [2.75, 3.05) is 11.9 Å². The van der Waals surface area contributed by atoms with Crippen LogP contribution in [0.1, 0.15) is 66.4 Å². The van der Waals surface area contributed by atoms with Crippen molar-refractivity contribution in [3.63, 3.8) is 0 Å². The molecule has 0 atom stereocenters. The maximum atomic E-state index is 13.0. The Balaban J connectivity index is 1.52. The van der Waals surface area contributed by atoms with Gasteiger partial charge in [-0.25, -0.2) is 0 Å². The summed E-state index contributed by atoms with van der Waals surface area (Å²) in [5, 5.41) is 3.22. The molecule has 1 aliphatic carbocycles. The van der Waals surface area contributed by atoms with Crippen LogP contribution in [0.2, 0.25) is 0 Å². The van der Waals surface area contributed by atoms with Gasteiger partial charge in [0.1, 0.15) is 0 Å². The first kappa shape index (κ1) is 21.7.